The molecule has 0 atom stereocenters. The van der Waals surface area contributed by atoms with E-state index in [0.717, 1.165) is 23.2 Å². The van der Waals surface area contributed by atoms with Crippen LogP contribution in [-0.4, -0.2) is 33.9 Å². The average Bonchev–Trinajstić information content (AvgIpc) is 2.67. The molecule has 2 aromatic carbocycles. The number of methoxy groups -OCH3 is 1. The van der Waals surface area contributed by atoms with Gasteiger partial charge in [-0.15, -0.1) is 0 Å². The van der Waals surface area contributed by atoms with E-state index in [-0.39, 0.29) is 17.4 Å². The molecule has 0 spiro atoms. The number of carbonyl (C=O) groups is 2. The third-order valence-corrected chi connectivity index (χ3v) is 10.2. The molecular formula is C24H33NO4Si. The van der Waals surface area contributed by atoms with E-state index in [4.69, 9.17) is 9.16 Å². The van der Waals surface area contributed by atoms with Gasteiger partial charge in [0.15, 0.2) is 8.32 Å². The quantitative estimate of drug-likeness (QED) is 0.463. The molecule has 2 rings (SSSR count). The highest BCUT2D eigenvalue weighted by Gasteiger charge is 2.36. The zero-order chi connectivity index (χ0) is 22.4. The van der Waals surface area contributed by atoms with Crippen molar-refractivity contribution in [1.82, 2.24) is 0 Å². The Hall–Kier alpha value is -2.44. The second kappa shape index (κ2) is 10.0. The van der Waals surface area contributed by atoms with Crippen LogP contribution in [0.5, 0.6) is 0 Å². The molecule has 30 heavy (non-hydrogen) atoms. The van der Waals surface area contributed by atoms with Gasteiger partial charge in [-0.25, -0.2) is 4.79 Å². The van der Waals surface area contributed by atoms with Crippen molar-refractivity contribution >= 4 is 25.9 Å². The smallest absolute Gasteiger partial charge is 0.337 e. The fourth-order valence-electron chi connectivity index (χ4n) is 2.80. The number of para-hydroxylation sites is 1. The summed E-state index contributed by atoms with van der Waals surface area (Å²) in [4.78, 5) is 24.3. The van der Waals surface area contributed by atoms with Crippen molar-refractivity contribution in [3.63, 3.8) is 0 Å². The van der Waals surface area contributed by atoms with Crippen LogP contribution >= 0.6 is 0 Å². The van der Waals surface area contributed by atoms with Gasteiger partial charge in [0, 0.05) is 12.3 Å². The Bertz CT molecular complexity index is 887. The number of esters is 1. The largest absolute Gasteiger partial charge is 0.465 e. The first kappa shape index (κ1) is 23.8. The maximum absolute atomic E-state index is 12.6. The number of nitrogens with one attached hydrogen (secondary N) is 1. The Morgan fingerprint density at radius 1 is 1.03 bits per heavy atom. The Kier molecular flexibility index (Phi) is 7.98. The van der Waals surface area contributed by atoms with E-state index in [9.17, 15) is 9.59 Å². The minimum Gasteiger partial charge on any atom is -0.465 e. The Morgan fingerprint density at radius 2 is 1.73 bits per heavy atom. The van der Waals surface area contributed by atoms with Crippen LogP contribution in [-0.2, 0) is 26.8 Å². The van der Waals surface area contributed by atoms with E-state index in [1.165, 1.54) is 7.11 Å². The van der Waals surface area contributed by atoms with E-state index in [1.807, 2.05) is 30.3 Å². The number of hydrogen-bond donors (Lipinski definition) is 1. The summed E-state index contributed by atoms with van der Waals surface area (Å²) >= 11 is 0. The lowest BCUT2D eigenvalue weighted by Crippen LogP contribution is -2.41. The average molecular weight is 428 g/mol. The molecule has 0 aliphatic heterocycles. The van der Waals surface area contributed by atoms with Crippen LogP contribution in [0.25, 0.3) is 0 Å². The summed E-state index contributed by atoms with van der Waals surface area (Å²) < 4.78 is 11.0. The first-order valence-electron chi connectivity index (χ1n) is 10.2. The van der Waals surface area contributed by atoms with Crippen LogP contribution in [0.15, 0.2) is 48.5 Å². The standard InChI is InChI=1S/C24H33NO4Si/c1-24(2,3)30(5,6)29-15-14-19-11-7-8-13-21(19)25-22(26)17-18-10-9-12-20(16-18)23(27)28-4/h7-13,16H,14-15,17H2,1-6H3,(H,25,26). The first-order valence-corrected chi connectivity index (χ1v) is 13.1. The summed E-state index contributed by atoms with van der Waals surface area (Å²) in [6.45, 7) is 11.8. The highest BCUT2D eigenvalue weighted by Crippen LogP contribution is 2.36. The van der Waals surface area contributed by atoms with Crippen molar-refractivity contribution < 1.29 is 18.8 Å². The van der Waals surface area contributed by atoms with Crippen LogP contribution in [0.2, 0.25) is 18.1 Å². The number of rotatable bonds is 8. The summed E-state index contributed by atoms with van der Waals surface area (Å²) in [5, 5.41) is 3.17. The maximum Gasteiger partial charge on any atom is 0.337 e. The molecule has 1 N–H and O–H groups in total. The molecule has 0 saturated carbocycles. The van der Waals surface area contributed by atoms with E-state index in [1.54, 1.807) is 18.2 Å². The van der Waals surface area contributed by atoms with Gasteiger partial charge in [-0.05, 0) is 53.9 Å². The number of ether oxygens (including phenoxy) is 1. The molecule has 0 heterocycles. The van der Waals surface area contributed by atoms with Gasteiger partial charge >= 0.3 is 5.97 Å². The number of benzene rings is 2. The first-order chi connectivity index (χ1) is 14.0. The molecule has 0 fully saturated rings. The molecule has 1 amide bonds. The predicted octanol–water partition coefficient (Wildman–Crippen LogP) is 5.22. The van der Waals surface area contributed by atoms with Gasteiger partial charge in [0.05, 0.1) is 19.1 Å². The van der Waals surface area contributed by atoms with Gasteiger partial charge in [-0.3, -0.25) is 4.79 Å². The Balaban J connectivity index is 2.01. The molecule has 0 saturated heterocycles. The third-order valence-electron chi connectivity index (χ3n) is 5.64. The fourth-order valence-corrected chi connectivity index (χ4v) is 3.84. The molecule has 0 aromatic heterocycles. The molecule has 0 aliphatic rings. The lowest BCUT2D eigenvalue weighted by Gasteiger charge is -2.36. The van der Waals surface area contributed by atoms with E-state index in [2.05, 4.69) is 39.2 Å². The fraction of sp³-hybridized carbons (Fsp3) is 0.417. The molecule has 0 unspecified atom stereocenters. The number of amides is 1. The zero-order valence-electron chi connectivity index (χ0n) is 18.9. The van der Waals surface area contributed by atoms with Crippen LogP contribution in [0.1, 0.15) is 42.3 Å². The Morgan fingerprint density at radius 3 is 2.40 bits per heavy atom. The normalized spacial score (nSPS) is 11.8. The van der Waals surface area contributed by atoms with E-state index < -0.39 is 14.3 Å². The van der Waals surface area contributed by atoms with Crippen molar-refractivity contribution in [3.8, 4) is 0 Å². The van der Waals surface area contributed by atoms with Crippen molar-refractivity contribution in [2.24, 2.45) is 0 Å². The monoisotopic (exact) mass is 427 g/mol. The van der Waals surface area contributed by atoms with Gasteiger partial charge in [0.1, 0.15) is 0 Å². The van der Waals surface area contributed by atoms with Crippen LogP contribution < -0.4 is 5.32 Å². The van der Waals surface area contributed by atoms with Gasteiger partial charge < -0.3 is 14.5 Å². The van der Waals surface area contributed by atoms with Crippen molar-refractivity contribution in [2.75, 3.05) is 19.0 Å². The summed E-state index contributed by atoms with van der Waals surface area (Å²) in [7, 11) is -0.461. The number of anilines is 1. The Labute approximate surface area is 180 Å². The van der Waals surface area contributed by atoms with Crippen molar-refractivity contribution in [1.29, 1.82) is 0 Å². The number of hydrogen-bond acceptors (Lipinski definition) is 4. The van der Waals surface area contributed by atoms with Crippen LogP contribution in [0.3, 0.4) is 0 Å². The van der Waals surface area contributed by atoms with Gasteiger partial charge in [-0.2, -0.15) is 0 Å². The summed E-state index contributed by atoms with van der Waals surface area (Å²) in [6, 6.07) is 14.7. The summed E-state index contributed by atoms with van der Waals surface area (Å²) in [5.74, 6) is -0.542. The highest BCUT2D eigenvalue weighted by molar-refractivity contribution is 6.74. The lowest BCUT2D eigenvalue weighted by molar-refractivity contribution is -0.115. The molecule has 6 heteroatoms. The van der Waals surface area contributed by atoms with Crippen molar-refractivity contribution in [2.45, 2.75) is 51.7 Å². The second-order valence-corrected chi connectivity index (χ2v) is 13.7. The minimum absolute atomic E-state index is 0.130. The van der Waals surface area contributed by atoms with Gasteiger partial charge in [0.2, 0.25) is 5.91 Å². The van der Waals surface area contributed by atoms with Gasteiger partial charge in [0.25, 0.3) is 0 Å². The third kappa shape index (κ3) is 6.54. The van der Waals surface area contributed by atoms with Crippen LogP contribution in [0.4, 0.5) is 5.69 Å². The minimum atomic E-state index is -1.80. The molecule has 162 valence electrons. The SMILES string of the molecule is COC(=O)c1cccc(CC(=O)Nc2ccccc2CCO[Si](C)(C)C(C)(C)C)c1. The molecule has 0 bridgehead atoms. The molecule has 5 nitrogen and oxygen atoms in total. The predicted molar refractivity (Wildman–Crippen MR) is 123 cm³/mol. The van der Waals surface area contributed by atoms with Crippen LogP contribution in [0, 0.1) is 0 Å². The molecule has 0 aliphatic carbocycles. The highest BCUT2D eigenvalue weighted by atomic mass is 28.4. The topological polar surface area (TPSA) is 64.6 Å². The maximum atomic E-state index is 12.6. The molecule has 0 radical (unpaired) electrons. The lowest BCUT2D eigenvalue weighted by atomic mass is 10.1. The van der Waals surface area contributed by atoms with E-state index >= 15 is 0 Å². The molecular weight excluding hydrogens is 394 g/mol. The van der Waals surface area contributed by atoms with E-state index in [0.29, 0.717) is 12.2 Å². The van der Waals surface area contributed by atoms with Gasteiger partial charge in [-0.1, -0.05) is 51.1 Å². The number of carbonyl (C=O) groups excluding carboxylic acids is 2. The zero-order valence-corrected chi connectivity index (χ0v) is 19.9. The van der Waals surface area contributed by atoms with Crippen molar-refractivity contribution in [3.05, 3.63) is 65.2 Å². The summed E-state index contributed by atoms with van der Waals surface area (Å²) in [6.07, 6.45) is 0.917. The second-order valence-electron chi connectivity index (χ2n) is 8.93. The summed E-state index contributed by atoms with van der Waals surface area (Å²) in [5.41, 5.74) is 3.04. The molecule has 2 aromatic rings.